The fraction of sp³-hybridized carbons (Fsp3) is 0.786. The van der Waals surface area contributed by atoms with Crippen molar-refractivity contribution in [3.8, 4) is 0 Å². The van der Waals surface area contributed by atoms with Crippen molar-refractivity contribution in [2.75, 3.05) is 6.61 Å². The van der Waals surface area contributed by atoms with Gasteiger partial charge in [-0.3, -0.25) is 19.2 Å². The van der Waals surface area contributed by atoms with Crippen LogP contribution in [0.2, 0.25) is 0 Å². The molecule has 0 aromatic heterocycles. The van der Waals surface area contributed by atoms with Gasteiger partial charge in [0, 0.05) is 24.2 Å². The molecule has 4 rings (SSSR count). The average molecular weight is 473 g/mol. The van der Waals surface area contributed by atoms with Crippen LogP contribution in [0.3, 0.4) is 0 Å². The predicted octanol–water partition coefficient (Wildman–Crippen LogP) is 4.98. The number of Topliss-reactive ketones (excluding diaryl/α,β-unsaturated/α-hetero) is 1. The lowest BCUT2D eigenvalue weighted by atomic mass is 9.45. The minimum Gasteiger partial charge on any atom is -0.457 e. The molecule has 6 heteroatoms. The topological polar surface area (TPSA) is 86.7 Å². The molecule has 188 valence electrons. The third-order valence-corrected chi connectivity index (χ3v) is 10.1. The molecule has 34 heavy (non-hydrogen) atoms. The quantitative estimate of drug-likeness (QED) is 0.507. The number of ketones is 2. The molecular weight excluding hydrogens is 432 g/mol. The van der Waals surface area contributed by atoms with Gasteiger partial charge in [0.05, 0.1) is 0 Å². The van der Waals surface area contributed by atoms with E-state index in [1.165, 1.54) is 5.57 Å². The van der Waals surface area contributed by atoms with Gasteiger partial charge in [0.25, 0.3) is 0 Å². The highest BCUT2D eigenvalue weighted by atomic mass is 16.6. The van der Waals surface area contributed by atoms with Crippen LogP contribution in [0.5, 0.6) is 0 Å². The van der Waals surface area contributed by atoms with Crippen molar-refractivity contribution >= 4 is 23.5 Å². The van der Waals surface area contributed by atoms with Gasteiger partial charge in [-0.15, -0.1) is 0 Å². The van der Waals surface area contributed by atoms with Gasteiger partial charge in [-0.2, -0.15) is 0 Å². The van der Waals surface area contributed by atoms with Crippen molar-refractivity contribution in [1.29, 1.82) is 0 Å². The molecule has 0 heterocycles. The molecule has 7 atom stereocenters. The van der Waals surface area contributed by atoms with E-state index in [4.69, 9.17) is 9.47 Å². The molecule has 3 saturated carbocycles. The Morgan fingerprint density at radius 3 is 2.35 bits per heavy atom. The molecule has 0 spiro atoms. The summed E-state index contributed by atoms with van der Waals surface area (Å²) in [4.78, 5) is 50.4. The molecule has 0 N–H and O–H groups in total. The van der Waals surface area contributed by atoms with Crippen molar-refractivity contribution in [3.63, 3.8) is 0 Å². The van der Waals surface area contributed by atoms with E-state index < -0.39 is 17.0 Å². The molecule has 0 aromatic carbocycles. The van der Waals surface area contributed by atoms with E-state index in [1.54, 1.807) is 13.8 Å². The summed E-state index contributed by atoms with van der Waals surface area (Å²) in [5.41, 5.74) is -0.396. The number of carbonyl (C=O) groups is 4. The summed E-state index contributed by atoms with van der Waals surface area (Å²) < 4.78 is 11.3. The van der Waals surface area contributed by atoms with Crippen LogP contribution in [0.15, 0.2) is 11.6 Å². The Morgan fingerprint density at radius 1 is 1.00 bits per heavy atom. The number of hydrogen-bond donors (Lipinski definition) is 0. The van der Waals surface area contributed by atoms with Gasteiger partial charge in [0.15, 0.2) is 18.0 Å². The molecule has 0 aromatic rings. The molecule has 0 bridgehead atoms. The Morgan fingerprint density at radius 2 is 1.68 bits per heavy atom. The first-order chi connectivity index (χ1) is 16.0. The third kappa shape index (κ3) is 3.67. The molecule has 1 unspecified atom stereocenters. The molecule has 3 fully saturated rings. The minimum atomic E-state index is -1.24. The molecule has 6 nitrogen and oxygen atoms in total. The van der Waals surface area contributed by atoms with E-state index in [0.29, 0.717) is 18.3 Å². The first-order valence-corrected chi connectivity index (χ1v) is 13.2. The van der Waals surface area contributed by atoms with Gasteiger partial charge in [0.1, 0.15) is 0 Å². The lowest BCUT2D eigenvalue weighted by molar-refractivity contribution is -0.192. The maximum atomic E-state index is 13.6. The van der Waals surface area contributed by atoms with Gasteiger partial charge in [-0.1, -0.05) is 40.2 Å². The molecule has 4 aliphatic carbocycles. The van der Waals surface area contributed by atoms with E-state index in [2.05, 4.69) is 13.8 Å². The second-order valence-corrected chi connectivity index (χ2v) is 11.6. The second-order valence-electron chi connectivity index (χ2n) is 11.6. The summed E-state index contributed by atoms with van der Waals surface area (Å²) >= 11 is 0. The van der Waals surface area contributed by atoms with Gasteiger partial charge in [-0.05, 0) is 74.2 Å². The fourth-order valence-corrected chi connectivity index (χ4v) is 8.21. The van der Waals surface area contributed by atoms with Crippen LogP contribution in [0, 0.1) is 34.5 Å². The van der Waals surface area contributed by atoms with E-state index >= 15 is 0 Å². The van der Waals surface area contributed by atoms with Crippen molar-refractivity contribution in [3.05, 3.63) is 11.6 Å². The Bertz CT molecular complexity index is 920. The van der Waals surface area contributed by atoms with Crippen molar-refractivity contribution in [2.24, 2.45) is 34.5 Å². The van der Waals surface area contributed by atoms with E-state index in [0.717, 1.165) is 38.5 Å². The van der Waals surface area contributed by atoms with E-state index in [1.807, 2.05) is 13.0 Å². The van der Waals surface area contributed by atoms with E-state index in [9.17, 15) is 19.2 Å². The number of allylic oxidation sites excluding steroid dienone is 1. The van der Waals surface area contributed by atoms with Gasteiger partial charge >= 0.3 is 11.9 Å². The van der Waals surface area contributed by atoms with Crippen LogP contribution in [-0.4, -0.2) is 35.7 Å². The highest BCUT2D eigenvalue weighted by molar-refractivity contribution is 5.94. The number of carbonyl (C=O) groups excluding carboxylic acids is 4. The van der Waals surface area contributed by atoms with Crippen LogP contribution < -0.4 is 0 Å². The van der Waals surface area contributed by atoms with Crippen LogP contribution in [0.1, 0.15) is 92.4 Å². The molecule has 0 radical (unpaired) electrons. The summed E-state index contributed by atoms with van der Waals surface area (Å²) in [5.74, 6) is 0.371. The summed E-state index contributed by atoms with van der Waals surface area (Å²) in [7, 11) is 0. The lowest BCUT2D eigenvalue weighted by Crippen LogP contribution is -2.60. The maximum absolute atomic E-state index is 13.6. The summed E-state index contributed by atoms with van der Waals surface area (Å²) in [6.07, 6.45) is 8.19. The van der Waals surface area contributed by atoms with Gasteiger partial charge in [-0.25, -0.2) is 0 Å². The van der Waals surface area contributed by atoms with Gasteiger partial charge in [0.2, 0.25) is 5.78 Å². The smallest absolute Gasteiger partial charge is 0.306 e. The van der Waals surface area contributed by atoms with Crippen molar-refractivity contribution < 1.29 is 28.7 Å². The number of esters is 2. The number of ether oxygens (including phenoxy) is 2. The zero-order chi connectivity index (χ0) is 24.9. The highest BCUT2D eigenvalue weighted by Crippen LogP contribution is 2.68. The first kappa shape index (κ1) is 25.1. The fourth-order valence-electron chi connectivity index (χ4n) is 8.21. The highest BCUT2D eigenvalue weighted by Gasteiger charge is 2.68. The van der Waals surface area contributed by atoms with Crippen LogP contribution >= 0.6 is 0 Å². The summed E-state index contributed by atoms with van der Waals surface area (Å²) in [6, 6.07) is 0. The molecular formula is C28H40O6. The average Bonchev–Trinajstić information content (AvgIpc) is 3.11. The van der Waals surface area contributed by atoms with Crippen LogP contribution in [-0.2, 0) is 28.7 Å². The Labute approximate surface area is 203 Å². The third-order valence-electron chi connectivity index (χ3n) is 10.1. The Hall–Kier alpha value is -1.98. The minimum absolute atomic E-state index is 0.0174. The zero-order valence-electron chi connectivity index (χ0n) is 21.4. The van der Waals surface area contributed by atoms with Gasteiger partial charge < -0.3 is 9.47 Å². The maximum Gasteiger partial charge on any atom is 0.306 e. The normalized spacial score (nSPS) is 41.0. The van der Waals surface area contributed by atoms with Crippen molar-refractivity contribution in [1.82, 2.24) is 0 Å². The first-order valence-electron chi connectivity index (χ1n) is 13.2. The number of hydrogen-bond acceptors (Lipinski definition) is 6. The summed E-state index contributed by atoms with van der Waals surface area (Å²) in [6.45, 7) is 9.60. The Balaban J connectivity index is 1.66. The molecule has 4 aliphatic rings. The largest absolute Gasteiger partial charge is 0.457 e. The molecule has 0 amide bonds. The predicted molar refractivity (Wildman–Crippen MR) is 127 cm³/mol. The Kier molecular flexibility index (Phi) is 6.58. The lowest BCUT2D eigenvalue weighted by Gasteiger charge is -2.59. The van der Waals surface area contributed by atoms with Crippen LogP contribution in [0.25, 0.3) is 0 Å². The number of fused-ring (bicyclic) bond motifs is 5. The van der Waals surface area contributed by atoms with E-state index in [-0.39, 0.29) is 54.2 Å². The number of rotatable bonds is 6. The molecule has 0 aliphatic heterocycles. The standard InChI is InChI=1S/C28H40O6/c1-6-24(31)33-16-23(30)28(34-25(32)7-2)13-11-21-19-9-8-18-14-22(29)17(3)15-26(18,4)20(19)10-12-27(21,28)5/h14,17,19-21H,6-13,15-16H2,1-5H3/t17?,19-,20+,21+,26+,27+,28+/m1/s1. The monoisotopic (exact) mass is 472 g/mol. The zero-order valence-corrected chi connectivity index (χ0v) is 21.4. The molecule has 0 saturated heterocycles. The summed E-state index contributed by atoms with van der Waals surface area (Å²) in [5, 5.41) is 0. The SMILES string of the molecule is CCC(=O)OCC(=O)[C@@]1(OC(=O)CC)CC[C@H]2[C@@H]3CCC4=CC(=O)C(C)C[C@]4(C)[C@H]3CC[C@@]21C. The van der Waals surface area contributed by atoms with Crippen molar-refractivity contribution in [2.45, 2.75) is 98.0 Å². The second kappa shape index (κ2) is 8.91. The van der Waals surface area contributed by atoms with Crippen LogP contribution in [0.4, 0.5) is 0 Å².